The first-order chi connectivity index (χ1) is 8.48. The predicted molar refractivity (Wildman–Crippen MR) is 73.4 cm³/mol. The van der Waals surface area contributed by atoms with Crippen LogP contribution in [0.5, 0.6) is 11.5 Å². The van der Waals surface area contributed by atoms with E-state index in [0.29, 0.717) is 22.1 Å². The molecule has 0 aliphatic carbocycles. The third-order valence-electron chi connectivity index (χ3n) is 2.91. The summed E-state index contributed by atoms with van der Waals surface area (Å²) >= 11 is 5.34. The molecular weight excluding hydrogens is 270 g/mol. The average Bonchev–Trinajstić information content (AvgIpc) is 2.32. The Morgan fingerprint density at radius 3 is 2.44 bits per heavy atom. The molecule has 92 valence electrons. The number of rotatable bonds is 0. The van der Waals surface area contributed by atoms with Crippen molar-refractivity contribution < 1.29 is 14.0 Å². The van der Waals surface area contributed by atoms with Gasteiger partial charge in [0.15, 0.2) is 0 Å². The van der Waals surface area contributed by atoms with Crippen molar-refractivity contribution in [2.75, 3.05) is 0 Å². The number of halogens is 1. The Morgan fingerprint density at radius 1 is 1.11 bits per heavy atom. The summed E-state index contributed by atoms with van der Waals surface area (Å²) in [5.41, 5.74) is 0.987. The van der Waals surface area contributed by atoms with Gasteiger partial charge in [-0.15, -0.1) is 0 Å². The van der Waals surface area contributed by atoms with Crippen molar-refractivity contribution in [3.8, 4) is 11.5 Å². The average molecular weight is 280 g/mol. The highest BCUT2D eigenvalue weighted by Gasteiger charge is 2.32. The summed E-state index contributed by atoms with van der Waals surface area (Å²) in [6.45, 7) is 1.91. The van der Waals surface area contributed by atoms with Crippen molar-refractivity contribution in [2.45, 2.75) is 6.92 Å². The maximum absolute atomic E-state index is 13.3. The molecule has 18 heavy (non-hydrogen) atoms. The first-order valence-corrected chi connectivity index (χ1v) is 8.16. The lowest BCUT2D eigenvalue weighted by Gasteiger charge is -2.27. The van der Waals surface area contributed by atoms with Crippen molar-refractivity contribution >= 4 is 28.7 Å². The third kappa shape index (κ3) is 1.69. The van der Waals surface area contributed by atoms with E-state index in [-0.39, 0.29) is 0 Å². The molecule has 2 aromatic rings. The van der Waals surface area contributed by atoms with E-state index in [1.807, 2.05) is 19.1 Å². The highest BCUT2D eigenvalue weighted by atomic mass is 32.4. The van der Waals surface area contributed by atoms with Gasteiger partial charge in [-0.2, -0.15) is 0 Å². The van der Waals surface area contributed by atoms with Crippen LogP contribution in [0.1, 0.15) is 5.56 Å². The van der Waals surface area contributed by atoms with Crippen LogP contribution in [0.4, 0.5) is 4.39 Å². The Hall–Kier alpha value is -1.22. The zero-order chi connectivity index (χ0) is 12.9. The molecule has 1 N–H and O–H groups in total. The van der Waals surface area contributed by atoms with Crippen molar-refractivity contribution in [3.05, 3.63) is 47.8 Å². The SMILES string of the molecule is Cc1ccc2c(c1)P(O)(=S)c1cc(F)ccc1O2. The minimum Gasteiger partial charge on any atom is -0.456 e. The van der Waals surface area contributed by atoms with Crippen molar-refractivity contribution in [1.82, 2.24) is 0 Å². The van der Waals surface area contributed by atoms with Gasteiger partial charge in [-0.25, -0.2) is 4.39 Å². The Balaban J connectivity index is 2.30. The summed E-state index contributed by atoms with van der Waals surface area (Å²) in [7, 11) is 0. The molecule has 1 heterocycles. The molecule has 2 aromatic carbocycles. The van der Waals surface area contributed by atoms with Crippen LogP contribution in [0.25, 0.3) is 0 Å². The molecule has 0 fully saturated rings. The predicted octanol–water partition coefficient (Wildman–Crippen LogP) is 2.58. The standard InChI is InChI=1S/C13H10FO2PS/c1-8-2-4-10-12(6-8)17(15,18)13-7-9(14)3-5-11(13)16-10/h2-7H,1H3,(H,15,18). The first kappa shape index (κ1) is 11.8. The van der Waals surface area contributed by atoms with Crippen LogP contribution in [0.15, 0.2) is 36.4 Å². The fourth-order valence-electron chi connectivity index (χ4n) is 2.01. The fraction of sp³-hybridized carbons (Fsp3) is 0.0769. The number of ether oxygens (including phenoxy) is 1. The normalized spacial score (nSPS) is 20.8. The highest BCUT2D eigenvalue weighted by molar-refractivity contribution is 8.19. The Labute approximate surface area is 109 Å². The Morgan fingerprint density at radius 2 is 1.72 bits per heavy atom. The molecule has 3 rings (SSSR count). The lowest BCUT2D eigenvalue weighted by atomic mass is 10.2. The number of aryl methyl sites for hydroxylation is 1. The van der Waals surface area contributed by atoms with Crippen LogP contribution in [0.2, 0.25) is 0 Å². The molecular formula is C13H10FO2PS. The van der Waals surface area contributed by atoms with E-state index in [1.165, 1.54) is 18.2 Å². The molecule has 2 nitrogen and oxygen atoms in total. The molecule has 0 spiro atoms. The second kappa shape index (κ2) is 3.89. The molecule has 1 aliphatic rings. The van der Waals surface area contributed by atoms with Gasteiger partial charge in [0, 0.05) is 0 Å². The summed E-state index contributed by atoms with van der Waals surface area (Å²) < 4.78 is 19.0. The lowest BCUT2D eigenvalue weighted by Crippen LogP contribution is -2.24. The van der Waals surface area contributed by atoms with Gasteiger partial charge in [0.2, 0.25) is 0 Å². The molecule has 0 saturated heterocycles. The second-order valence-corrected chi connectivity index (χ2v) is 7.96. The van der Waals surface area contributed by atoms with Gasteiger partial charge in [-0.05, 0) is 37.3 Å². The molecule has 0 radical (unpaired) electrons. The molecule has 1 atom stereocenters. The molecule has 5 heteroatoms. The van der Waals surface area contributed by atoms with Crippen LogP contribution in [-0.4, -0.2) is 4.89 Å². The number of hydrogen-bond donors (Lipinski definition) is 1. The van der Waals surface area contributed by atoms with E-state index in [9.17, 15) is 9.28 Å². The van der Waals surface area contributed by atoms with Gasteiger partial charge in [0.25, 0.3) is 0 Å². The van der Waals surface area contributed by atoms with Gasteiger partial charge < -0.3 is 9.63 Å². The summed E-state index contributed by atoms with van der Waals surface area (Å²) in [5, 5.41) is 0.978. The maximum atomic E-state index is 13.3. The van der Waals surface area contributed by atoms with Crippen molar-refractivity contribution in [2.24, 2.45) is 0 Å². The summed E-state index contributed by atoms with van der Waals surface area (Å²) in [5.74, 6) is 0.584. The van der Waals surface area contributed by atoms with Crippen LogP contribution >= 0.6 is 6.26 Å². The monoisotopic (exact) mass is 280 g/mol. The first-order valence-electron chi connectivity index (χ1n) is 5.40. The number of fused-ring (bicyclic) bond motifs is 2. The van der Waals surface area contributed by atoms with Crippen molar-refractivity contribution in [3.63, 3.8) is 0 Å². The van der Waals surface area contributed by atoms with Gasteiger partial charge in [0.05, 0.1) is 10.6 Å². The second-order valence-electron chi connectivity index (χ2n) is 4.26. The fourth-order valence-corrected chi connectivity index (χ4v) is 4.64. The van der Waals surface area contributed by atoms with Gasteiger partial charge >= 0.3 is 0 Å². The molecule has 0 aromatic heterocycles. The van der Waals surface area contributed by atoms with E-state index >= 15 is 0 Å². The molecule has 1 aliphatic heterocycles. The zero-order valence-electron chi connectivity index (χ0n) is 9.55. The van der Waals surface area contributed by atoms with E-state index < -0.39 is 12.1 Å². The van der Waals surface area contributed by atoms with E-state index in [1.54, 1.807) is 6.07 Å². The summed E-state index contributed by atoms with van der Waals surface area (Å²) in [6, 6.07) is 9.56. The number of hydrogen-bond acceptors (Lipinski definition) is 2. The quantitative estimate of drug-likeness (QED) is 0.752. The number of benzene rings is 2. The van der Waals surface area contributed by atoms with Crippen LogP contribution in [0.3, 0.4) is 0 Å². The van der Waals surface area contributed by atoms with Crippen LogP contribution < -0.4 is 15.3 Å². The molecule has 0 bridgehead atoms. The van der Waals surface area contributed by atoms with E-state index in [0.717, 1.165) is 5.56 Å². The molecule has 0 saturated carbocycles. The Bertz CT molecular complexity index is 644. The Kier molecular flexibility index (Phi) is 2.56. The largest absolute Gasteiger partial charge is 0.456 e. The minimum atomic E-state index is -2.95. The van der Waals surface area contributed by atoms with E-state index in [4.69, 9.17) is 16.5 Å². The smallest absolute Gasteiger partial charge is 0.138 e. The zero-order valence-corrected chi connectivity index (χ0v) is 11.3. The maximum Gasteiger partial charge on any atom is 0.138 e. The van der Waals surface area contributed by atoms with Gasteiger partial charge in [0.1, 0.15) is 23.6 Å². The van der Waals surface area contributed by atoms with Crippen molar-refractivity contribution in [1.29, 1.82) is 0 Å². The third-order valence-corrected chi connectivity index (χ3v) is 6.09. The minimum absolute atomic E-state index is 0.385. The summed E-state index contributed by atoms with van der Waals surface area (Å²) in [4.78, 5) is 10.6. The van der Waals surface area contributed by atoms with Crippen LogP contribution in [-0.2, 0) is 11.8 Å². The molecule has 0 amide bonds. The lowest BCUT2D eigenvalue weighted by molar-refractivity contribution is 0.482. The topological polar surface area (TPSA) is 29.5 Å². The van der Waals surface area contributed by atoms with Crippen LogP contribution in [0, 0.1) is 12.7 Å². The van der Waals surface area contributed by atoms with Gasteiger partial charge in [-0.1, -0.05) is 23.4 Å². The van der Waals surface area contributed by atoms with E-state index in [2.05, 4.69) is 0 Å². The molecule has 1 unspecified atom stereocenters. The summed E-state index contributed by atoms with van der Waals surface area (Å²) in [6.07, 6.45) is -2.95. The highest BCUT2D eigenvalue weighted by Crippen LogP contribution is 2.49. The van der Waals surface area contributed by atoms with Gasteiger partial charge in [-0.3, -0.25) is 0 Å².